The van der Waals surface area contributed by atoms with Crippen LogP contribution in [0.3, 0.4) is 0 Å². The Morgan fingerprint density at radius 3 is 2.70 bits per heavy atom. The van der Waals surface area contributed by atoms with Gasteiger partial charge in [0, 0.05) is 42.9 Å². The molecule has 2 N–H and O–H groups in total. The molecule has 1 aliphatic carbocycles. The van der Waals surface area contributed by atoms with Gasteiger partial charge in [-0.3, -0.25) is 14.4 Å². The molecule has 1 aromatic heterocycles. The molecule has 0 radical (unpaired) electrons. The number of carbonyl (C=O) groups excluding carboxylic acids is 3. The van der Waals surface area contributed by atoms with Crippen LogP contribution < -0.4 is 10.1 Å². The highest BCUT2D eigenvalue weighted by molar-refractivity contribution is 6.45. The van der Waals surface area contributed by atoms with E-state index in [9.17, 15) is 14.4 Å². The van der Waals surface area contributed by atoms with E-state index in [1.54, 1.807) is 31.5 Å². The second-order valence-corrected chi connectivity index (χ2v) is 9.07. The van der Waals surface area contributed by atoms with E-state index in [2.05, 4.69) is 10.3 Å². The Kier molecular flexibility index (Phi) is 7.65. The number of hydrogen-bond donors (Lipinski definition) is 2. The number of fused-ring (bicyclic) bond motifs is 1. The van der Waals surface area contributed by atoms with E-state index in [4.69, 9.17) is 9.47 Å². The first-order chi connectivity index (χ1) is 16.0. The molecule has 8 heteroatoms. The molecule has 2 fully saturated rings. The van der Waals surface area contributed by atoms with Gasteiger partial charge in [-0.15, -0.1) is 0 Å². The highest BCUT2D eigenvalue weighted by atomic mass is 16.5. The van der Waals surface area contributed by atoms with Gasteiger partial charge in [0.1, 0.15) is 5.75 Å². The van der Waals surface area contributed by atoms with E-state index in [-0.39, 0.29) is 18.6 Å². The Hall–Kier alpha value is -2.87. The average molecular weight is 456 g/mol. The van der Waals surface area contributed by atoms with Crippen molar-refractivity contribution in [1.29, 1.82) is 0 Å². The molecule has 4 rings (SSSR count). The van der Waals surface area contributed by atoms with E-state index in [1.165, 1.54) is 11.3 Å². The summed E-state index contributed by atoms with van der Waals surface area (Å²) in [6, 6.07) is 5.32. The summed E-state index contributed by atoms with van der Waals surface area (Å²) >= 11 is 0. The first-order valence-corrected chi connectivity index (χ1v) is 11.9. The monoisotopic (exact) mass is 455 g/mol. The number of nitrogens with zero attached hydrogens (tertiary/aromatic N) is 1. The first-order valence-electron chi connectivity index (χ1n) is 11.9. The van der Waals surface area contributed by atoms with Gasteiger partial charge >= 0.3 is 0 Å². The molecule has 8 nitrogen and oxygen atoms in total. The zero-order valence-corrected chi connectivity index (χ0v) is 19.2. The van der Waals surface area contributed by atoms with Crippen molar-refractivity contribution in [3.05, 3.63) is 30.0 Å². The maximum absolute atomic E-state index is 13.3. The first kappa shape index (κ1) is 23.3. The highest BCUT2D eigenvalue weighted by Crippen LogP contribution is 2.26. The number of methoxy groups -OCH3 is 1. The van der Waals surface area contributed by atoms with Gasteiger partial charge in [0.25, 0.3) is 11.7 Å². The molecule has 178 valence electrons. The lowest BCUT2D eigenvalue weighted by Crippen LogP contribution is -2.47. The topological polar surface area (TPSA) is 101 Å². The summed E-state index contributed by atoms with van der Waals surface area (Å²) in [6.07, 6.45) is 8.98. The van der Waals surface area contributed by atoms with E-state index in [0.29, 0.717) is 35.7 Å². The minimum Gasteiger partial charge on any atom is -0.497 e. The SMILES string of the molecule is COc1ccc2c(C(=O)C(=O)N(CC(=O)NC[C@@H]3CCCO3)CC3CCCCC3)c[nH]c2c1. The summed E-state index contributed by atoms with van der Waals surface area (Å²) in [5, 5.41) is 3.54. The number of rotatable bonds is 9. The number of amides is 2. The van der Waals surface area contributed by atoms with Crippen LogP contribution in [0.2, 0.25) is 0 Å². The Bertz CT molecular complexity index is 989. The summed E-state index contributed by atoms with van der Waals surface area (Å²) in [7, 11) is 1.58. The number of ketones is 1. The maximum atomic E-state index is 13.3. The number of ether oxygens (including phenoxy) is 2. The van der Waals surface area contributed by atoms with Crippen LogP contribution in [0.15, 0.2) is 24.4 Å². The molecular formula is C25H33N3O5. The average Bonchev–Trinajstić information content (AvgIpc) is 3.51. The van der Waals surface area contributed by atoms with E-state index >= 15 is 0 Å². The van der Waals surface area contributed by atoms with Gasteiger partial charge in [0.05, 0.1) is 25.3 Å². The number of carbonyl (C=O) groups is 3. The van der Waals surface area contributed by atoms with E-state index < -0.39 is 11.7 Å². The van der Waals surface area contributed by atoms with Crippen LogP contribution in [0.1, 0.15) is 55.3 Å². The van der Waals surface area contributed by atoms with Crippen molar-refractivity contribution in [1.82, 2.24) is 15.2 Å². The number of Topliss-reactive ketones (excluding diaryl/α,β-unsaturated/α-hetero) is 1. The third kappa shape index (κ3) is 5.74. The summed E-state index contributed by atoms with van der Waals surface area (Å²) in [6.45, 7) is 1.46. The van der Waals surface area contributed by atoms with Gasteiger partial charge in [0.15, 0.2) is 0 Å². The van der Waals surface area contributed by atoms with Crippen LogP contribution in [0.25, 0.3) is 10.9 Å². The van der Waals surface area contributed by atoms with E-state index in [0.717, 1.165) is 50.6 Å². The number of aromatic nitrogens is 1. The van der Waals surface area contributed by atoms with Gasteiger partial charge in [-0.2, -0.15) is 0 Å². The zero-order chi connectivity index (χ0) is 23.2. The van der Waals surface area contributed by atoms with Gasteiger partial charge < -0.3 is 24.7 Å². The Morgan fingerprint density at radius 2 is 1.97 bits per heavy atom. The number of aromatic amines is 1. The normalized spacial score (nSPS) is 18.9. The highest BCUT2D eigenvalue weighted by Gasteiger charge is 2.30. The fourth-order valence-corrected chi connectivity index (χ4v) is 4.84. The molecule has 2 aromatic rings. The van der Waals surface area contributed by atoms with Gasteiger partial charge in [0.2, 0.25) is 5.91 Å². The second kappa shape index (κ2) is 10.8. The summed E-state index contributed by atoms with van der Waals surface area (Å²) in [5.74, 6) is -0.518. The van der Waals surface area contributed by atoms with Crippen LogP contribution in [0, 0.1) is 5.92 Å². The number of H-pyrrole nitrogens is 1. The Balaban J connectivity index is 1.47. The maximum Gasteiger partial charge on any atom is 0.295 e. The zero-order valence-electron chi connectivity index (χ0n) is 19.2. The van der Waals surface area contributed by atoms with Crippen LogP contribution in [-0.2, 0) is 14.3 Å². The molecule has 33 heavy (non-hydrogen) atoms. The molecule has 1 aliphatic heterocycles. The van der Waals surface area contributed by atoms with E-state index in [1.807, 2.05) is 0 Å². The van der Waals surface area contributed by atoms with Crippen LogP contribution in [0.5, 0.6) is 5.75 Å². The third-order valence-corrected chi connectivity index (χ3v) is 6.70. The molecule has 2 amide bonds. The van der Waals surface area contributed by atoms with Crippen LogP contribution >= 0.6 is 0 Å². The molecule has 1 atom stereocenters. The third-order valence-electron chi connectivity index (χ3n) is 6.70. The fraction of sp³-hybridized carbons (Fsp3) is 0.560. The van der Waals surface area contributed by atoms with Gasteiger partial charge in [-0.1, -0.05) is 19.3 Å². The smallest absolute Gasteiger partial charge is 0.295 e. The molecule has 0 bridgehead atoms. The largest absolute Gasteiger partial charge is 0.497 e. The predicted octanol–water partition coefficient (Wildman–Crippen LogP) is 3.06. The van der Waals surface area contributed by atoms with Crippen LogP contribution in [-0.4, -0.2) is 66.9 Å². The molecule has 1 saturated heterocycles. The van der Waals surface area contributed by atoms with Crippen molar-refractivity contribution in [2.45, 2.75) is 51.0 Å². The number of nitrogens with one attached hydrogen (secondary N) is 2. The predicted molar refractivity (Wildman–Crippen MR) is 124 cm³/mol. The lowest BCUT2D eigenvalue weighted by molar-refractivity contribution is -0.133. The Labute approximate surface area is 194 Å². The molecule has 1 saturated carbocycles. The number of hydrogen-bond acceptors (Lipinski definition) is 5. The minimum atomic E-state index is -0.635. The number of benzene rings is 1. The summed E-state index contributed by atoms with van der Waals surface area (Å²) in [4.78, 5) is 43.7. The lowest BCUT2D eigenvalue weighted by atomic mass is 9.89. The molecule has 1 aromatic carbocycles. The summed E-state index contributed by atoms with van der Waals surface area (Å²) < 4.78 is 10.8. The standard InChI is InChI=1S/C25H33N3O5/c1-32-18-9-10-20-21(14-26-22(20)12-18)24(30)25(31)28(15-17-6-3-2-4-7-17)16-23(29)27-13-19-8-5-11-33-19/h9-10,12,14,17,19,26H,2-8,11,13,15-16H2,1H3,(H,27,29)/t19-/m0/s1. The van der Waals surface area contributed by atoms with Crippen molar-refractivity contribution in [2.75, 3.05) is 33.4 Å². The van der Waals surface area contributed by atoms with Crippen molar-refractivity contribution in [3.8, 4) is 5.75 Å². The second-order valence-electron chi connectivity index (χ2n) is 9.07. The Morgan fingerprint density at radius 1 is 1.15 bits per heavy atom. The minimum absolute atomic E-state index is 0.0290. The van der Waals surface area contributed by atoms with Crippen molar-refractivity contribution >= 4 is 28.5 Å². The quantitative estimate of drug-likeness (QED) is 0.447. The molecule has 2 heterocycles. The van der Waals surface area contributed by atoms with Crippen LogP contribution in [0.4, 0.5) is 0 Å². The van der Waals surface area contributed by atoms with Crippen molar-refractivity contribution < 1.29 is 23.9 Å². The van der Waals surface area contributed by atoms with Crippen molar-refractivity contribution in [2.24, 2.45) is 5.92 Å². The lowest BCUT2D eigenvalue weighted by Gasteiger charge is -2.29. The van der Waals surface area contributed by atoms with Gasteiger partial charge in [-0.05, 0) is 43.7 Å². The molecular weight excluding hydrogens is 422 g/mol. The van der Waals surface area contributed by atoms with Gasteiger partial charge in [-0.25, -0.2) is 0 Å². The molecule has 0 spiro atoms. The molecule has 2 aliphatic rings. The summed E-state index contributed by atoms with van der Waals surface area (Å²) in [5.41, 5.74) is 1.03. The molecule has 0 unspecified atom stereocenters. The fourth-order valence-electron chi connectivity index (χ4n) is 4.84. The van der Waals surface area contributed by atoms with Crippen molar-refractivity contribution in [3.63, 3.8) is 0 Å².